The van der Waals surface area contributed by atoms with Crippen LogP contribution in [0.3, 0.4) is 0 Å². The summed E-state index contributed by atoms with van der Waals surface area (Å²) in [5.41, 5.74) is 0.700. The predicted octanol–water partition coefficient (Wildman–Crippen LogP) is 6.21. The molecule has 5 nitrogen and oxygen atoms in total. The minimum atomic E-state index is -0.104. The van der Waals surface area contributed by atoms with Gasteiger partial charge in [-0.05, 0) is 49.9 Å². The van der Waals surface area contributed by atoms with E-state index in [1.165, 1.54) is 57.4 Å². The first-order valence-corrected chi connectivity index (χ1v) is 12.7. The van der Waals surface area contributed by atoms with Gasteiger partial charge in [-0.25, -0.2) is 0 Å². The van der Waals surface area contributed by atoms with Gasteiger partial charge in [-0.1, -0.05) is 58.3 Å². The molecule has 1 heterocycles. The molecule has 1 aromatic heterocycles. The molecule has 0 atom stereocenters. The molecule has 1 aromatic carbocycles. The number of carbonyl (C=O) groups is 1. The maximum Gasteiger partial charge on any atom is 0.248 e. The van der Waals surface area contributed by atoms with Crippen molar-refractivity contribution in [3.8, 4) is 5.75 Å². The standard InChI is InChI=1S/C27H40N2O3/c1-2-3-4-5-6-10-19-29(23-12-8-7-9-13-23)27(31)14-11-20-32-24-16-17-25-22(21-24)15-18-26(30)28-25/h15-18,21,23H,2-14,19-20H2,1H3,(H,28,30). The highest BCUT2D eigenvalue weighted by Gasteiger charge is 2.24. The minimum absolute atomic E-state index is 0.104. The maximum absolute atomic E-state index is 13.1. The molecule has 2 aromatic rings. The molecule has 32 heavy (non-hydrogen) atoms. The molecule has 5 heteroatoms. The number of aromatic amines is 1. The lowest BCUT2D eigenvalue weighted by molar-refractivity contribution is -0.134. The van der Waals surface area contributed by atoms with Crippen molar-refractivity contribution < 1.29 is 9.53 Å². The molecule has 0 unspecified atom stereocenters. The molecule has 0 spiro atoms. The summed E-state index contributed by atoms with van der Waals surface area (Å²) in [6.07, 6.45) is 15.0. The van der Waals surface area contributed by atoms with Crippen molar-refractivity contribution in [3.63, 3.8) is 0 Å². The van der Waals surface area contributed by atoms with Crippen LogP contribution >= 0.6 is 0 Å². The van der Waals surface area contributed by atoms with Crippen molar-refractivity contribution in [1.29, 1.82) is 0 Å². The fraction of sp³-hybridized carbons (Fsp3) is 0.630. The third kappa shape index (κ3) is 7.68. The van der Waals surface area contributed by atoms with Crippen LogP contribution in [-0.4, -0.2) is 35.0 Å². The van der Waals surface area contributed by atoms with Crippen LogP contribution < -0.4 is 10.3 Å². The number of H-pyrrole nitrogens is 1. The van der Waals surface area contributed by atoms with Crippen LogP contribution in [-0.2, 0) is 4.79 Å². The number of hydrogen-bond acceptors (Lipinski definition) is 3. The van der Waals surface area contributed by atoms with Gasteiger partial charge >= 0.3 is 0 Å². The maximum atomic E-state index is 13.1. The van der Waals surface area contributed by atoms with Crippen LogP contribution in [0, 0.1) is 0 Å². The van der Waals surface area contributed by atoms with Gasteiger partial charge in [-0.3, -0.25) is 9.59 Å². The number of amides is 1. The number of carbonyl (C=O) groups excluding carboxylic acids is 1. The Bertz CT molecular complexity index is 886. The first-order valence-electron chi connectivity index (χ1n) is 12.7. The Morgan fingerprint density at radius 3 is 2.59 bits per heavy atom. The lowest BCUT2D eigenvalue weighted by atomic mass is 9.93. The van der Waals surface area contributed by atoms with Crippen LogP contribution in [0.5, 0.6) is 5.75 Å². The molecule has 3 rings (SSSR count). The van der Waals surface area contributed by atoms with Crippen molar-refractivity contribution in [3.05, 3.63) is 40.7 Å². The molecule has 0 saturated heterocycles. The average molecular weight is 441 g/mol. The summed E-state index contributed by atoms with van der Waals surface area (Å²) in [7, 11) is 0. The van der Waals surface area contributed by atoms with Gasteiger partial charge < -0.3 is 14.6 Å². The number of rotatable bonds is 13. The molecule has 1 N–H and O–H groups in total. The fourth-order valence-corrected chi connectivity index (χ4v) is 4.75. The summed E-state index contributed by atoms with van der Waals surface area (Å²) >= 11 is 0. The van der Waals surface area contributed by atoms with Crippen LogP contribution in [0.1, 0.15) is 90.4 Å². The Labute approximate surface area is 192 Å². The van der Waals surface area contributed by atoms with Gasteiger partial charge in [0.2, 0.25) is 11.5 Å². The number of benzene rings is 1. The summed E-state index contributed by atoms with van der Waals surface area (Å²) in [5.74, 6) is 1.07. The average Bonchev–Trinajstić information content (AvgIpc) is 2.82. The molecule has 0 bridgehead atoms. The summed E-state index contributed by atoms with van der Waals surface area (Å²) in [6.45, 7) is 3.69. The van der Waals surface area contributed by atoms with E-state index >= 15 is 0 Å². The number of ether oxygens (including phenoxy) is 1. The number of pyridine rings is 1. The molecular weight excluding hydrogens is 400 g/mol. The van der Waals surface area contributed by atoms with Gasteiger partial charge in [0, 0.05) is 36.0 Å². The molecule has 0 radical (unpaired) electrons. The number of unbranched alkanes of at least 4 members (excludes halogenated alkanes) is 5. The lowest BCUT2D eigenvalue weighted by Gasteiger charge is -2.34. The molecule has 1 amide bonds. The van der Waals surface area contributed by atoms with E-state index in [9.17, 15) is 9.59 Å². The summed E-state index contributed by atoms with van der Waals surface area (Å²) in [6, 6.07) is 9.43. The Hall–Kier alpha value is -2.30. The van der Waals surface area contributed by atoms with Gasteiger partial charge in [0.25, 0.3) is 0 Å². The van der Waals surface area contributed by atoms with Crippen LogP contribution in [0.4, 0.5) is 0 Å². The molecule has 1 fully saturated rings. The van der Waals surface area contributed by atoms with Crippen molar-refractivity contribution in [2.45, 2.75) is 96.4 Å². The molecule has 1 saturated carbocycles. The zero-order valence-corrected chi connectivity index (χ0v) is 19.7. The second kappa shape index (κ2) is 13.3. The first kappa shape index (κ1) is 24.3. The molecule has 1 aliphatic carbocycles. The number of fused-ring (bicyclic) bond motifs is 1. The number of hydrogen-bond donors (Lipinski definition) is 1. The second-order valence-corrected chi connectivity index (χ2v) is 9.17. The Balaban J connectivity index is 1.44. The van der Waals surface area contributed by atoms with Gasteiger partial charge in [-0.2, -0.15) is 0 Å². The fourth-order valence-electron chi connectivity index (χ4n) is 4.75. The highest BCUT2D eigenvalue weighted by Crippen LogP contribution is 2.24. The Kier molecular flexibility index (Phi) is 10.1. The third-order valence-electron chi connectivity index (χ3n) is 6.59. The van der Waals surface area contributed by atoms with Crippen LogP contribution in [0.2, 0.25) is 0 Å². The van der Waals surface area contributed by atoms with Crippen molar-refractivity contribution in [1.82, 2.24) is 9.88 Å². The van der Waals surface area contributed by atoms with Crippen molar-refractivity contribution in [2.75, 3.05) is 13.2 Å². The van der Waals surface area contributed by atoms with E-state index in [1.54, 1.807) is 6.07 Å². The zero-order valence-electron chi connectivity index (χ0n) is 19.7. The Morgan fingerprint density at radius 2 is 1.78 bits per heavy atom. The number of nitrogens with zero attached hydrogens (tertiary/aromatic N) is 1. The smallest absolute Gasteiger partial charge is 0.248 e. The summed E-state index contributed by atoms with van der Waals surface area (Å²) in [5, 5.41) is 0.945. The molecule has 0 aliphatic heterocycles. The first-order chi connectivity index (χ1) is 15.7. The predicted molar refractivity (Wildman–Crippen MR) is 131 cm³/mol. The highest BCUT2D eigenvalue weighted by molar-refractivity contribution is 5.79. The van der Waals surface area contributed by atoms with Crippen molar-refractivity contribution in [2.24, 2.45) is 0 Å². The molecule has 176 valence electrons. The monoisotopic (exact) mass is 440 g/mol. The third-order valence-corrected chi connectivity index (χ3v) is 6.59. The van der Waals surface area contributed by atoms with Gasteiger partial charge in [0.15, 0.2) is 0 Å². The van der Waals surface area contributed by atoms with Gasteiger partial charge in [0.1, 0.15) is 5.75 Å². The van der Waals surface area contributed by atoms with Crippen molar-refractivity contribution >= 4 is 16.8 Å². The van der Waals surface area contributed by atoms with E-state index in [0.29, 0.717) is 25.0 Å². The van der Waals surface area contributed by atoms with E-state index in [-0.39, 0.29) is 5.56 Å². The summed E-state index contributed by atoms with van der Waals surface area (Å²) < 4.78 is 5.89. The van der Waals surface area contributed by atoms with E-state index < -0.39 is 0 Å². The van der Waals surface area contributed by atoms with Crippen LogP contribution in [0.25, 0.3) is 10.9 Å². The Morgan fingerprint density at radius 1 is 1.00 bits per heavy atom. The highest BCUT2D eigenvalue weighted by atomic mass is 16.5. The molecule has 1 aliphatic rings. The number of aromatic nitrogens is 1. The normalized spacial score (nSPS) is 14.5. The lowest BCUT2D eigenvalue weighted by Crippen LogP contribution is -2.42. The van der Waals surface area contributed by atoms with E-state index in [4.69, 9.17) is 4.74 Å². The second-order valence-electron chi connectivity index (χ2n) is 9.17. The topological polar surface area (TPSA) is 62.4 Å². The largest absolute Gasteiger partial charge is 0.494 e. The minimum Gasteiger partial charge on any atom is -0.494 e. The molecular formula is C27H40N2O3. The van der Waals surface area contributed by atoms with E-state index in [1.807, 2.05) is 18.2 Å². The SMILES string of the molecule is CCCCCCCCN(C(=O)CCCOc1ccc2[nH]c(=O)ccc2c1)C1CCCCC1. The van der Waals surface area contributed by atoms with Gasteiger partial charge in [0.05, 0.1) is 6.61 Å². The van der Waals surface area contributed by atoms with E-state index in [2.05, 4.69) is 16.8 Å². The zero-order chi connectivity index (χ0) is 22.6. The number of nitrogens with one attached hydrogen (secondary N) is 1. The van der Waals surface area contributed by atoms with Crippen LogP contribution in [0.15, 0.2) is 35.1 Å². The van der Waals surface area contributed by atoms with Gasteiger partial charge in [-0.15, -0.1) is 0 Å². The quantitative estimate of drug-likeness (QED) is 0.377. The van der Waals surface area contributed by atoms with E-state index in [0.717, 1.165) is 48.9 Å². The summed E-state index contributed by atoms with van der Waals surface area (Å²) in [4.78, 5) is 29.5.